The van der Waals surface area contributed by atoms with E-state index < -0.39 is 35.6 Å². The summed E-state index contributed by atoms with van der Waals surface area (Å²) >= 11 is 0. The molecule has 0 N–H and O–H groups in total. The molecule has 1 aliphatic carbocycles. The minimum Gasteiger partial charge on any atom is -0.422 e. The average molecular weight is 454 g/mol. The summed E-state index contributed by atoms with van der Waals surface area (Å²) in [6.07, 6.45) is 3.05. The van der Waals surface area contributed by atoms with Crippen molar-refractivity contribution in [2.24, 2.45) is 9.98 Å². The summed E-state index contributed by atoms with van der Waals surface area (Å²) in [5.41, 5.74) is 0.00991. The van der Waals surface area contributed by atoms with Crippen LogP contribution in [0, 0.1) is 0 Å². The van der Waals surface area contributed by atoms with E-state index in [9.17, 15) is 19.2 Å². The Balaban J connectivity index is 1.45. The zero-order chi connectivity index (χ0) is 23.7. The van der Waals surface area contributed by atoms with Gasteiger partial charge in [0.05, 0.1) is 23.2 Å². The van der Waals surface area contributed by atoms with Crippen molar-refractivity contribution in [3.8, 4) is 11.5 Å². The first-order chi connectivity index (χ1) is 16.5. The maximum Gasteiger partial charge on any atom is 0.357 e. The zero-order valence-corrected chi connectivity index (χ0v) is 17.9. The standard InChI is InChI=1S/C26H18N2O6/c29-23-15-7-1-5-11-21(15)33-25(31)17(23)13-27-19-9-3-4-10-20(19)28-14-18-24(30)16-8-2-6-12-22(16)34-26(18)32/h1-2,5-8,11-12,19-20H,3-4,9-10H2. The quantitative estimate of drug-likeness (QED) is 0.227. The second-order valence-corrected chi connectivity index (χ2v) is 8.08. The molecule has 0 amide bonds. The summed E-state index contributed by atoms with van der Waals surface area (Å²) in [5, 5.41) is 0. The number of ether oxygens (including phenoxy) is 2. The first-order valence-corrected chi connectivity index (χ1v) is 10.9. The molecule has 0 saturated heterocycles. The summed E-state index contributed by atoms with van der Waals surface area (Å²) in [6, 6.07) is 12.2. The fourth-order valence-corrected chi connectivity index (χ4v) is 4.12. The number of carbonyl (C=O) groups is 4. The van der Waals surface area contributed by atoms with Crippen molar-refractivity contribution in [3.05, 3.63) is 70.8 Å². The van der Waals surface area contributed by atoms with Gasteiger partial charge in [0.1, 0.15) is 11.5 Å². The molecule has 2 unspecified atom stereocenters. The van der Waals surface area contributed by atoms with E-state index in [4.69, 9.17) is 9.47 Å². The van der Waals surface area contributed by atoms with Crippen molar-refractivity contribution in [2.45, 2.75) is 37.8 Å². The zero-order valence-electron chi connectivity index (χ0n) is 17.9. The second kappa shape index (κ2) is 8.87. The van der Waals surface area contributed by atoms with Crippen LogP contribution in [-0.2, 0) is 9.59 Å². The molecule has 1 fully saturated rings. The second-order valence-electron chi connectivity index (χ2n) is 8.08. The van der Waals surface area contributed by atoms with Crippen LogP contribution < -0.4 is 9.47 Å². The topological polar surface area (TPSA) is 111 Å². The third-order valence-electron chi connectivity index (χ3n) is 5.91. The van der Waals surface area contributed by atoms with Gasteiger partial charge in [-0.25, -0.2) is 19.6 Å². The van der Waals surface area contributed by atoms with E-state index in [2.05, 4.69) is 21.7 Å². The van der Waals surface area contributed by atoms with Crippen LogP contribution in [0.25, 0.3) is 0 Å². The van der Waals surface area contributed by atoms with Crippen LogP contribution in [0.1, 0.15) is 46.4 Å². The van der Waals surface area contributed by atoms with Gasteiger partial charge >= 0.3 is 11.9 Å². The summed E-state index contributed by atoms with van der Waals surface area (Å²) in [7, 11) is 0. The lowest BCUT2D eigenvalue weighted by molar-refractivity contribution is -0.130. The number of para-hydroxylation sites is 2. The number of ketones is 2. The molecule has 2 aromatic rings. The SMILES string of the molecule is O=C1Oc2ccccc2C(=O)C1=C=NC1CCCCC1N=C=C1C(=O)Oc2ccccc2C1=O. The highest BCUT2D eigenvalue weighted by atomic mass is 16.5. The molecule has 2 heterocycles. The van der Waals surface area contributed by atoms with Crippen LogP contribution >= 0.6 is 0 Å². The molecule has 168 valence electrons. The predicted molar refractivity (Wildman–Crippen MR) is 121 cm³/mol. The van der Waals surface area contributed by atoms with E-state index in [0.29, 0.717) is 12.8 Å². The van der Waals surface area contributed by atoms with E-state index >= 15 is 0 Å². The molecule has 3 aliphatic rings. The van der Waals surface area contributed by atoms with Gasteiger partial charge in [0.15, 0.2) is 11.1 Å². The molecule has 34 heavy (non-hydrogen) atoms. The molecule has 0 bridgehead atoms. The Labute approximate surface area is 194 Å². The van der Waals surface area contributed by atoms with E-state index in [1.807, 2.05) is 0 Å². The Hall–Kier alpha value is -4.38. The molecule has 2 aliphatic heterocycles. The number of fused-ring (bicyclic) bond motifs is 2. The summed E-state index contributed by atoms with van der Waals surface area (Å²) < 4.78 is 10.4. The van der Waals surface area contributed by atoms with E-state index in [-0.39, 0.29) is 33.8 Å². The molecule has 2 aromatic carbocycles. The lowest BCUT2D eigenvalue weighted by Crippen LogP contribution is -2.29. The number of Topliss-reactive ketones (excluding diaryl/α,β-unsaturated/α-hetero) is 2. The molecule has 2 atom stereocenters. The summed E-state index contributed by atoms with van der Waals surface area (Å²) in [5.74, 6) is 3.00. The molecule has 0 spiro atoms. The summed E-state index contributed by atoms with van der Waals surface area (Å²) in [6.45, 7) is 0. The maximum atomic E-state index is 12.7. The number of hydrogen-bond donors (Lipinski definition) is 0. The number of benzene rings is 2. The van der Waals surface area contributed by atoms with E-state index in [0.717, 1.165) is 12.8 Å². The van der Waals surface area contributed by atoms with Gasteiger partial charge in [-0.3, -0.25) is 9.59 Å². The Morgan fingerprint density at radius 3 is 1.50 bits per heavy atom. The maximum absolute atomic E-state index is 12.7. The minimum absolute atomic E-state index is 0.209. The van der Waals surface area contributed by atoms with Crippen LogP contribution in [-0.4, -0.2) is 47.3 Å². The lowest BCUT2D eigenvalue weighted by atomic mass is 9.91. The number of hydrogen-bond acceptors (Lipinski definition) is 8. The molecular formula is C26H18N2O6. The number of esters is 2. The number of aliphatic imine (C=N–C) groups is 2. The van der Waals surface area contributed by atoms with Crippen molar-refractivity contribution in [1.29, 1.82) is 0 Å². The van der Waals surface area contributed by atoms with Crippen molar-refractivity contribution in [3.63, 3.8) is 0 Å². The van der Waals surface area contributed by atoms with Crippen molar-refractivity contribution >= 4 is 35.2 Å². The summed E-state index contributed by atoms with van der Waals surface area (Å²) in [4.78, 5) is 58.7. The first kappa shape index (κ1) is 21.5. The van der Waals surface area contributed by atoms with Gasteiger partial charge in [0.25, 0.3) is 0 Å². The van der Waals surface area contributed by atoms with E-state index in [1.54, 1.807) is 48.5 Å². The smallest absolute Gasteiger partial charge is 0.357 e. The average Bonchev–Trinajstić information content (AvgIpc) is 2.84. The highest BCUT2D eigenvalue weighted by Gasteiger charge is 2.33. The van der Waals surface area contributed by atoms with Gasteiger partial charge in [0.2, 0.25) is 11.6 Å². The van der Waals surface area contributed by atoms with Gasteiger partial charge in [0, 0.05) is 11.7 Å². The van der Waals surface area contributed by atoms with E-state index in [1.165, 1.54) is 0 Å². The highest BCUT2D eigenvalue weighted by Crippen LogP contribution is 2.28. The number of nitrogens with zero attached hydrogens (tertiary/aromatic N) is 2. The highest BCUT2D eigenvalue weighted by molar-refractivity contribution is 6.33. The van der Waals surface area contributed by atoms with Crippen LogP contribution in [0.15, 0.2) is 69.7 Å². The molecule has 8 nitrogen and oxygen atoms in total. The molecule has 0 radical (unpaired) electrons. The van der Waals surface area contributed by atoms with Gasteiger partial charge < -0.3 is 9.47 Å². The van der Waals surface area contributed by atoms with Crippen molar-refractivity contribution < 1.29 is 28.7 Å². The van der Waals surface area contributed by atoms with Crippen LogP contribution in [0.4, 0.5) is 0 Å². The molecule has 1 saturated carbocycles. The number of rotatable bonds is 2. The molecule has 5 rings (SSSR count). The lowest BCUT2D eigenvalue weighted by Gasteiger charge is -2.24. The third kappa shape index (κ3) is 3.92. The van der Waals surface area contributed by atoms with Gasteiger partial charge in [-0.1, -0.05) is 37.1 Å². The first-order valence-electron chi connectivity index (χ1n) is 10.9. The number of carbonyl (C=O) groups excluding carboxylic acids is 4. The Morgan fingerprint density at radius 1 is 0.647 bits per heavy atom. The predicted octanol–water partition coefficient (Wildman–Crippen LogP) is 3.09. The molecule has 0 aromatic heterocycles. The fraction of sp³-hybridized carbons (Fsp3) is 0.231. The Bertz CT molecular complexity index is 1270. The monoisotopic (exact) mass is 454 g/mol. The van der Waals surface area contributed by atoms with Gasteiger partial charge in [-0.2, -0.15) is 0 Å². The minimum atomic E-state index is -0.806. The fourth-order valence-electron chi connectivity index (χ4n) is 4.12. The largest absolute Gasteiger partial charge is 0.422 e. The third-order valence-corrected chi connectivity index (χ3v) is 5.91. The van der Waals surface area contributed by atoms with Crippen LogP contribution in [0.2, 0.25) is 0 Å². The molecular weight excluding hydrogens is 436 g/mol. The van der Waals surface area contributed by atoms with Gasteiger partial charge in [-0.05, 0) is 37.1 Å². The van der Waals surface area contributed by atoms with Crippen molar-refractivity contribution in [2.75, 3.05) is 0 Å². The Morgan fingerprint density at radius 2 is 1.06 bits per heavy atom. The molecule has 8 heteroatoms. The van der Waals surface area contributed by atoms with Crippen LogP contribution in [0.5, 0.6) is 11.5 Å². The van der Waals surface area contributed by atoms with Gasteiger partial charge in [-0.15, -0.1) is 0 Å². The Kier molecular flexibility index (Phi) is 5.60. The van der Waals surface area contributed by atoms with Crippen LogP contribution in [0.3, 0.4) is 0 Å². The normalized spacial score (nSPS) is 21.4. The van der Waals surface area contributed by atoms with Crippen molar-refractivity contribution in [1.82, 2.24) is 0 Å².